The molecule has 92 valence electrons. The first-order chi connectivity index (χ1) is 8.11. The van der Waals surface area contributed by atoms with Gasteiger partial charge in [-0.2, -0.15) is 0 Å². The maximum absolute atomic E-state index is 11.3. The number of fused-ring (bicyclic) bond motifs is 1. The van der Waals surface area contributed by atoms with E-state index in [1.54, 1.807) is 19.2 Å². The molecule has 4 N–H and O–H groups in total. The normalized spacial score (nSPS) is 12.9. The molecule has 2 rings (SSSR count). The summed E-state index contributed by atoms with van der Waals surface area (Å²) >= 11 is 0. The molecule has 0 fully saturated rings. The van der Waals surface area contributed by atoms with E-state index in [0.717, 1.165) is 11.2 Å². The molecule has 0 saturated carbocycles. The molecule has 0 bridgehead atoms. The molecule has 6 nitrogen and oxygen atoms in total. The summed E-state index contributed by atoms with van der Waals surface area (Å²) in [5, 5.41) is 12.3. The van der Waals surface area contributed by atoms with Gasteiger partial charge in [0, 0.05) is 31.9 Å². The third kappa shape index (κ3) is 2.32. The Labute approximate surface area is 97.6 Å². The number of oxazole rings is 1. The van der Waals surface area contributed by atoms with Gasteiger partial charge in [0.1, 0.15) is 0 Å². The first kappa shape index (κ1) is 11.7. The zero-order chi connectivity index (χ0) is 12.4. The molecular weight excluding hydrogens is 222 g/mol. The van der Waals surface area contributed by atoms with E-state index < -0.39 is 6.10 Å². The SMILES string of the molecule is Cn1c(=O)oc2cc(NCC(O)CN)ccc21. The van der Waals surface area contributed by atoms with Crippen molar-refractivity contribution in [3.8, 4) is 0 Å². The lowest BCUT2D eigenvalue weighted by molar-refractivity contribution is 0.196. The van der Waals surface area contributed by atoms with Gasteiger partial charge in [-0.3, -0.25) is 4.57 Å². The molecule has 6 heteroatoms. The van der Waals surface area contributed by atoms with Gasteiger partial charge < -0.3 is 20.6 Å². The average molecular weight is 237 g/mol. The van der Waals surface area contributed by atoms with Crippen molar-refractivity contribution in [3.63, 3.8) is 0 Å². The molecule has 0 aliphatic heterocycles. The summed E-state index contributed by atoms with van der Waals surface area (Å²) in [5.74, 6) is -0.390. The van der Waals surface area contributed by atoms with Gasteiger partial charge in [-0.15, -0.1) is 0 Å². The average Bonchev–Trinajstić information content (AvgIpc) is 2.62. The van der Waals surface area contributed by atoms with E-state index in [-0.39, 0.29) is 12.3 Å². The van der Waals surface area contributed by atoms with E-state index in [1.807, 2.05) is 6.07 Å². The van der Waals surface area contributed by atoms with Crippen molar-refractivity contribution < 1.29 is 9.52 Å². The predicted molar refractivity (Wildman–Crippen MR) is 65.0 cm³/mol. The van der Waals surface area contributed by atoms with Crippen molar-refractivity contribution in [2.75, 3.05) is 18.4 Å². The Morgan fingerprint density at radius 3 is 3.06 bits per heavy atom. The van der Waals surface area contributed by atoms with Crippen molar-refractivity contribution in [2.45, 2.75) is 6.10 Å². The number of aliphatic hydroxyl groups excluding tert-OH is 1. The van der Waals surface area contributed by atoms with Crippen molar-refractivity contribution in [1.29, 1.82) is 0 Å². The minimum atomic E-state index is -0.589. The maximum atomic E-state index is 11.3. The number of nitrogens with one attached hydrogen (secondary N) is 1. The molecule has 17 heavy (non-hydrogen) atoms. The lowest BCUT2D eigenvalue weighted by Crippen LogP contribution is -2.27. The molecule has 1 heterocycles. The number of nitrogens with two attached hydrogens (primary N) is 1. The Morgan fingerprint density at radius 2 is 2.35 bits per heavy atom. The second kappa shape index (κ2) is 4.60. The summed E-state index contributed by atoms with van der Waals surface area (Å²) in [6.07, 6.45) is -0.589. The van der Waals surface area contributed by atoms with Crippen LogP contribution in [0.5, 0.6) is 0 Å². The van der Waals surface area contributed by atoms with Crippen LogP contribution in [-0.4, -0.2) is 28.9 Å². The Bertz CT molecular complexity index is 573. The number of anilines is 1. The van der Waals surface area contributed by atoms with Gasteiger partial charge in [-0.1, -0.05) is 0 Å². The molecule has 0 amide bonds. The van der Waals surface area contributed by atoms with Crippen molar-refractivity contribution in [2.24, 2.45) is 12.8 Å². The zero-order valence-electron chi connectivity index (χ0n) is 9.51. The number of aliphatic hydroxyl groups is 1. The molecule has 1 atom stereocenters. The van der Waals surface area contributed by atoms with Gasteiger partial charge in [0.15, 0.2) is 5.58 Å². The highest BCUT2D eigenvalue weighted by atomic mass is 16.4. The quantitative estimate of drug-likeness (QED) is 0.688. The van der Waals surface area contributed by atoms with Crippen molar-refractivity contribution in [1.82, 2.24) is 4.57 Å². The highest BCUT2D eigenvalue weighted by molar-refractivity contribution is 5.77. The van der Waals surface area contributed by atoms with Gasteiger partial charge in [0.2, 0.25) is 0 Å². The van der Waals surface area contributed by atoms with Gasteiger partial charge in [-0.05, 0) is 12.1 Å². The Balaban J connectivity index is 2.23. The monoisotopic (exact) mass is 237 g/mol. The summed E-state index contributed by atoms with van der Waals surface area (Å²) in [7, 11) is 1.65. The van der Waals surface area contributed by atoms with Crippen LogP contribution in [-0.2, 0) is 7.05 Å². The minimum absolute atomic E-state index is 0.204. The standard InChI is InChI=1S/C11H15N3O3/c1-14-9-3-2-7(13-6-8(15)5-12)4-10(9)17-11(14)16/h2-4,8,13,15H,5-6,12H2,1H3. The van der Waals surface area contributed by atoms with E-state index in [9.17, 15) is 9.90 Å². The number of nitrogens with zero attached hydrogens (tertiary/aromatic N) is 1. The minimum Gasteiger partial charge on any atom is -0.408 e. The van der Waals surface area contributed by atoms with E-state index in [0.29, 0.717) is 12.1 Å². The first-order valence-electron chi connectivity index (χ1n) is 5.33. The van der Waals surface area contributed by atoms with E-state index in [1.165, 1.54) is 4.57 Å². The molecule has 0 spiro atoms. The highest BCUT2D eigenvalue weighted by Gasteiger charge is 2.07. The molecule has 1 unspecified atom stereocenters. The second-order valence-electron chi connectivity index (χ2n) is 3.88. The summed E-state index contributed by atoms with van der Waals surface area (Å²) in [4.78, 5) is 11.3. The molecule has 0 saturated heterocycles. The van der Waals surface area contributed by atoms with Gasteiger partial charge in [-0.25, -0.2) is 4.79 Å². The topological polar surface area (TPSA) is 93.4 Å². The van der Waals surface area contributed by atoms with Crippen LogP contribution in [0.1, 0.15) is 0 Å². The Morgan fingerprint density at radius 1 is 1.59 bits per heavy atom. The fourth-order valence-corrected chi connectivity index (χ4v) is 1.56. The highest BCUT2D eigenvalue weighted by Crippen LogP contribution is 2.17. The second-order valence-corrected chi connectivity index (χ2v) is 3.88. The summed E-state index contributed by atoms with van der Waals surface area (Å²) < 4.78 is 6.49. The zero-order valence-corrected chi connectivity index (χ0v) is 9.51. The van der Waals surface area contributed by atoms with Gasteiger partial charge in [0.05, 0.1) is 11.6 Å². The fourth-order valence-electron chi connectivity index (χ4n) is 1.56. The van der Waals surface area contributed by atoms with Crippen LogP contribution in [0.25, 0.3) is 11.1 Å². The number of rotatable bonds is 4. The molecule has 0 aliphatic carbocycles. The first-order valence-corrected chi connectivity index (χ1v) is 5.33. The van der Waals surface area contributed by atoms with Crippen molar-refractivity contribution >= 4 is 16.8 Å². The smallest absolute Gasteiger partial charge is 0.408 e. The molecule has 0 radical (unpaired) electrons. The van der Waals surface area contributed by atoms with E-state index >= 15 is 0 Å². The fraction of sp³-hybridized carbons (Fsp3) is 0.364. The lowest BCUT2D eigenvalue weighted by atomic mass is 10.2. The molecular formula is C11H15N3O3. The Kier molecular flexibility index (Phi) is 3.16. The number of aryl methyl sites for hydroxylation is 1. The number of aromatic nitrogens is 1. The summed E-state index contributed by atoms with van der Waals surface area (Å²) in [6, 6.07) is 5.33. The van der Waals surface area contributed by atoms with Crippen LogP contribution in [0.15, 0.2) is 27.4 Å². The van der Waals surface area contributed by atoms with Crippen LogP contribution >= 0.6 is 0 Å². The number of hydrogen-bond acceptors (Lipinski definition) is 5. The van der Waals surface area contributed by atoms with Crippen LogP contribution in [0.2, 0.25) is 0 Å². The molecule has 0 aliphatic rings. The van der Waals surface area contributed by atoms with Crippen LogP contribution < -0.4 is 16.8 Å². The third-order valence-electron chi connectivity index (χ3n) is 2.61. The van der Waals surface area contributed by atoms with Gasteiger partial charge in [0.25, 0.3) is 0 Å². The summed E-state index contributed by atoms with van der Waals surface area (Å²) in [6.45, 7) is 0.564. The van der Waals surface area contributed by atoms with E-state index in [2.05, 4.69) is 5.32 Å². The van der Waals surface area contributed by atoms with Crippen LogP contribution in [0.4, 0.5) is 5.69 Å². The predicted octanol–water partition coefficient (Wildman–Crippen LogP) is -0.137. The van der Waals surface area contributed by atoms with Gasteiger partial charge >= 0.3 is 5.76 Å². The Hall–Kier alpha value is -1.79. The van der Waals surface area contributed by atoms with Crippen LogP contribution in [0, 0.1) is 0 Å². The van der Waals surface area contributed by atoms with Crippen LogP contribution in [0.3, 0.4) is 0 Å². The largest absolute Gasteiger partial charge is 0.419 e. The number of hydrogen-bond donors (Lipinski definition) is 3. The van der Waals surface area contributed by atoms with E-state index in [4.69, 9.17) is 10.2 Å². The molecule has 2 aromatic rings. The third-order valence-corrected chi connectivity index (χ3v) is 2.61. The molecule has 1 aromatic heterocycles. The summed E-state index contributed by atoms with van der Waals surface area (Å²) in [5.41, 5.74) is 7.33. The lowest BCUT2D eigenvalue weighted by Gasteiger charge is -2.10. The maximum Gasteiger partial charge on any atom is 0.419 e. The number of benzene rings is 1. The molecule has 1 aromatic carbocycles. The van der Waals surface area contributed by atoms with Crippen molar-refractivity contribution in [3.05, 3.63) is 28.7 Å².